The van der Waals surface area contributed by atoms with Gasteiger partial charge in [0.2, 0.25) is 0 Å². The molecule has 0 aliphatic carbocycles. The number of hydrogen-bond donors (Lipinski definition) is 2. The van der Waals surface area contributed by atoms with E-state index in [1.165, 1.54) is 25.7 Å². The summed E-state index contributed by atoms with van der Waals surface area (Å²) in [6, 6.07) is 0. The van der Waals surface area contributed by atoms with Crippen LogP contribution in [0.25, 0.3) is 0 Å². The summed E-state index contributed by atoms with van der Waals surface area (Å²) in [5, 5.41) is 17.7. The van der Waals surface area contributed by atoms with Gasteiger partial charge in [-0.2, -0.15) is 0 Å². The minimum Gasteiger partial charge on any atom is -0.394 e. The number of unbranched alkanes of at least 4 members (excludes halogenated alkanes) is 6. The molecule has 0 aromatic carbocycles. The molecule has 0 fully saturated rings. The molecule has 5 nitrogen and oxygen atoms in total. The van der Waals surface area contributed by atoms with Gasteiger partial charge in [0.15, 0.2) is 18.2 Å². The Bertz CT molecular complexity index is 255. The van der Waals surface area contributed by atoms with Crippen molar-refractivity contribution in [2.45, 2.75) is 70.5 Å². The van der Waals surface area contributed by atoms with E-state index in [9.17, 15) is 9.59 Å². The van der Waals surface area contributed by atoms with Crippen LogP contribution in [0, 0.1) is 0 Å². The Balaban J connectivity index is 3.68. The molecule has 0 aliphatic rings. The fourth-order valence-corrected chi connectivity index (χ4v) is 1.87. The van der Waals surface area contributed by atoms with Gasteiger partial charge in [-0.1, -0.05) is 45.4 Å². The summed E-state index contributed by atoms with van der Waals surface area (Å²) in [7, 11) is 0. The van der Waals surface area contributed by atoms with E-state index in [1.807, 2.05) is 0 Å². The Hall–Kier alpha value is -0.780. The lowest BCUT2D eigenvalue weighted by Crippen LogP contribution is -2.30. The van der Waals surface area contributed by atoms with Gasteiger partial charge in [-0.25, -0.2) is 0 Å². The summed E-state index contributed by atoms with van der Waals surface area (Å²) in [5.41, 5.74) is 0. The fourth-order valence-electron chi connectivity index (χ4n) is 1.87. The SMILES string of the molecule is CCCCCCCCCC(=O)C(C=O)OCC(O)CO. The highest BCUT2D eigenvalue weighted by atomic mass is 16.5. The molecule has 118 valence electrons. The van der Waals surface area contributed by atoms with Crippen LogP contribution >= 0.6 is 0 Å². The average Bonchev–Trinajstić information content (AvgIpc) is 2.46. The number of ether oxygens (including phenoxy) is 1. The molecular weight excluding hydrogens is 260 g/mol. The van der Waals surface area contributed by atoms with Crippen molar-refractivity contribution < 1.29 is 24.5 Å². The summed E-state index contributed by atoms with van der Waals surface area (Å²) in [6.07, 6.45) is 6.39. The van der Waals surface area contributed by atoms with E-state index in [0.717, 1.165) is 19.3 Å². The smallest absolute Gasteiger partial charge is 0.171 e. The van der Waals surface area contributed by atoms with Crippen LogP contribution < -0.4 is 0 Å². The van der Waals surface area contributed by atoms with Crippen molar-refractivity contribution in [2.75, 3.05) is 13.2 Å². The highest BCUT2D eigenvalue weighted by molar-refractivity contribution is 5.96. The van der Waals surface area contributed by atoms with E-state index < -0.39 is 18.8 Å². The quantitative estimate of drug-likeness (QED) is 0.288. The van der Waals surface area contributed by atoms with E-state index in [0.29, 0.717) is 12.7 Å². The zero-order valence-electron chi connectivity index (χ0n) is 12.4. The molecule has 0 aliphatic heterocycles. The Labute approximate surface area is 121 Å². The number of ketones is 1. The zero-order valence-corrected chi connectivity index (χ0v) is 12.4. The van der Waals surface area contributed by atoms with Crippen molar-refractivity contribution >= 4 is 12.1 Å². The molecule has 0 aromatic heterocycles. The standard InChI is InChI=1S/C15H28O5/c1-2-3-4-5-6-7-8-9-14(19)15(11-17)20-12-13(18)10-16/h11,13,15-16,18H,2-10,12H2,1H3. The number of carbonyl (C=O) groups is 2. The first kappa shape index (κ1) is 19.2. The largest absolute Gasteiger partial charge is 0.394 e. The van der Waals surface area contributed by atoms with E-state index >= 15 is 0 Å². The fraction of sp³-hybridized carbons (Fsp3) is 0.867. The molecule has 5 heteroatoms. The van der Waals surface area contributed by atoms with Gasteiger partial charge in [-0.05, 0) is 6.42 Å². The molecule has 0 heterocycles. The molecule has 20 heavy (non-hydrogen) atoms. The summed E-state index contributed by atoms with van der Waals surface area (Å²) < 4.78 is 4.99. The molecule has 0 amide bonds. The summed E-state index contributed by atoms with van der Waals surface area (Å²) in [6.45, 7) is 1.52. The number of hydrogen-bond acceptors (Lipinski definition) is 5. The maximum Gasteiger partial charge on any atom is 0.171 e. The van der Waals surface area contributed by atoms with Crippen LogP contribution in [-0.2, 0) is 14.3 Å². The van der Waals surface area contributed by atoms with Crippen LogP contribution in [-0.4, -0.2) is 47.7 Å². The molecule has 0 saturated carbocycles. The molecular formula is C15H28O5. The molecule has 0 rings (SSSR count). The molecule has 0 aromatic rings. The number of aliphatic hydroxyl groups excluding tert-OH is 2. The van der Waals surface area contributed by atoms with Gasteiger partial charge in [-0.15, -0.1) is 0 Å². The lowest BCUT2D eigenvalue weighted by molar-refractivity contribution is -0.139. The minimum absolute atomic E-state index is 0.206. The van der Waals surface area contributed by atoms with Crippen molar-refractivity contribution in [1.82, 2.24) is 0 Å². The molecule has 0 saturated heterocycles. The topological polar surface area (TPSA) is 83.8 Å². The lowest BCUT2D eigenvalue weighted by atomic mass is 10.1. The van der Waals surface area contributed by atoms with Gasteiger partial charge in [0, 0.05) is 6.42 Å². The van der Waals surface area contributed by atoms with Gasteiger partial charge >= 0.3 is 0 Å². The highest BCUT2D eigenvalue weighted by Gasteiger charge is 2.18. The van der Waals surface area contributed by atoms with Crippen molar-refractivity contribution in [2.24, 2.45) is 0 Å². The molecule has 2 N–H and O–H groups in total. The maximum atomic E-state index is 11.7. The molecule has 0 bridgehead atoms. The Kier molecular flexibility index (Phi) is 12.7. The second-order valence-corrected chi connectivity index (χ2v) is 5.06. The third kappa shape index (κ3) is 10.1. The molecule has 2 atom stereocenters. The Morgan fingerprint density at radius 3 is 2.30 bits per heavy atom. The number of aliphatic hydroxyl groups is 2. The van der Waals surface area contributed by atoms with E-state index in [4.69, 9.17) is 14.9 Å². The first-order valence-electron chi connectivity index (χ1n) is 7.54. The third-order valence-electron chi connectivity index (χ3n) is 3.15. The number of rotatable bonds is 14. The number of carbonyl (C=O) groups excluding carboxylic acids is 2. The van der Waals surface area contributed by atoms with Crippen molar-refractivity contribution in [3.8, 4) is 0 Å². The lowest BCUT2D eigenvalue weighted by Gasteiger charge is -2.13. The second-order valence-electron chi connectivity index (χ2n) is 5.06. The average molecular weight is 288 g/mol. The summed E-state index contributed by atoms with van der Waals surface area (Å²) in [4.78, 5) is 22.5. The van der Waals surface area contributed by atoms with Gasteiger partial charge in [-0.3, -0.25) is 9.59 Å². The van der Waals surface area contributed by atoms with Crippen molar-refractivity contribution in [1.29, 1.82) is 0 Å². The van der Waals surface area contributed by atoms with Crippen LogP contribution in [0.1, 0.15) is 58.3 Å². The first-order chi connectivity index (χ1) is 9.65. The van der Waals surface area contributed by atoms with Crippen LogP contribution in [0.4, 0.5) is 0 Å². The van der Waals surface area contributed by atoms with Crippen molar-refractivity contribution in [3.63, 3.8) is 0 Å². The normalized spacial score (nSPS) is 13.9. The maximum absolute atomic E-state index is 11.7. The highest BCUT2D eigenvalue weighted by Crippen LogP contribution is 2.09. The van der Waals surface area contributed by atoms with Gasteiger partial charge in [0.1, 0.15) is 6.10 Å². The van der Waals surface area contributed by atoms with Crippen LogP contribution in [0.2, 0.25) is 0 Å². The van der Waals surface area contributed by atoms with Crippen molar-refractivity contribution in [3.05, 3.63) is 0 Å². The molecule has 2 unspecified atom stereocenters. The Morgan fingerprint density at radius 2 is 1.75 bits per heavy atom. The van der Waals surface area contributed by atoms with Gasteiger partial charge in [0.25, 0.3) is 0 Å². The minimum atomic E-state index is -1.11. The molecule has 0 spiro atoms. The van der Waals surface area contributed by atoms with Crippen LogP contribution in [0.5, 0.6) is 0 Å². The first-order valence-corrected chi connectivity index (χ1v) is 7.54. The van der Waals surface area contributed by atoms with Gasteiger partial charge < -0.3 is 14.9 Å². The van der Waals surface area contributed by atoms with Crippen LogP contribution in [0.3, 0.4) is 0 Å². The Morgan fingerprint density at radius 1 is 1.15 bits per heavy atom. The number of Topliss-reactive ketones (excluding diaryl/α,β-unsaturated/α-hetero) is 1. The zero-order chi connectivity index (χ0) is 15.2. The number of aldehydes is 1. The van der Waals surface area contributed by atoms with E-state index in [-0.39, 0.29) is 12.4 Å². The van der Waals surface area contributed by atoms with Gasteiger partial charge in [0.05, 0.1) is 13.2 Å². The van der Waals surface area contributed by atoms with Crippen LogP contribution in [0.15, 0.2) is 0 Å². The molecule has 0 radical (unpaired) electrons. The van der Waals surface area contributed by atoms with E-state index in [1.54, 1.807) is 0 Å². The summed E-state index contributed by atoms with van der Waals surface area (Å²) >= 11 is 0. The monoisotopic (exact) mass is 288 g/mol. The third-order valence-corrected chi connectivity index (χ3v) is 3.15. The predicted molar refractivity (Wildman–Crippen MR) is 76.5 cm³/mol. The second kappa shape index (κ2) is 13.2. The summed E-state index contributed by atoms with van der Waals surface area (Å²) in [5.74, 6) is -0.251. The van der Waals surface area contributed by atoms with E-state index in [2.05, 4.69) is 6.92 Å². The predicted octanol–water partition coefficient (Wildman–Crippen LogP) is 1.63.